The van der Waals surface area contributed by atoms with Crippen LogP contribution in [0.1, 0.15) is 23.2 Å². The molecule has 0 radical (unpaired) electrons. The molecule has 2 N–H and O–H groups in total. The van der Waals surface area contributed by atoms with E-state index in [0.717, 1.165) is 19.4 Å². The average Bonchev–Trinajstić information content (AvgIpc) is 3.35. The van der Waals surface area contributed by atoms with Crippen molar-refractivity contribution in [3.8, 4) is 5.69 Å². The van der Waals surface area contributed by atoms with E-state index in [2.05, 4.69) is 54.4 Å². The van der Waals surface area contributed by atoms with E-state index in [1.165, 1.54) is 12.8 Å². The molecular weight excluding hydrogens is 535 g/mol. The monoisotopic (exact) mass is 552 g/mol. The number of carbonyl (C=O) groups is 1. The van der Waals surface area contributed by atoms with Gasteiger partial charge in [0, 0.05) is 26.1 Å². The molecule has 1 heterocycles. The normalized spacial score (nSPS) is 13.4. The van der Waals surface area contributed by atoms with Crippen molar-refractivity contribution in [1.82, 2.24) is 15.3 Å². The van der Waals surface area contributed by atoms with E-state index in [9.17, 15) is 4.79 Å². The molecule has 2 aromatic carbocycles. The van der Waals surface area contributed by atoms with Crippen molar-refractivity contribution in [1.29, 1.82) is 0 Å². The topological polar surface area (TPSA) is 68.2 Å². The summed E-state index contributed by atoms with van der Waals surface area (Å²) >= 11 is 5.82. The second-order valence-corrected chi connectivity index (χ2v) is 8.72. The number of nitrogens with one attached hydrogen (secondary N) is 2. The molecule has 0 unspecified atom stereocenters. The van der Waals surface area contributed by atoms with Gasteiger partial charge in [0.2, 0.25) is 0 Å². The van der Waals surface area contributed by atoms with E-state index in [4.69, 9.17) is 4.84 Å². The van der Waals surface area contributed by atoms with Crippen molar-refractivity contribution < 1.29 is 9.63 Å². The highest BCUT2D eigenvalue weighted by atomic mass is 127. The Morgan fingerprint density at radius 3 is 2.75 bits per heavy atom. The molecular formula is C20H18BrIN4O2. The van der Waals surface area contributed by atoms with Crippen LogP contribution >= 0.6 is 38.5 Å². The maximum Gasteiger partial charge on any atom is 0.276 e. The highest BCUT2D eigenvalue weighted by molar-refractivity contribution is 14.1. The minimum atomic E-state index is -0.290. The summed E-state index contributed by atoms with van der Waals surface area (Å²) in [7, 11) is 0. The number of benzene rings is 2. The number of nitrogens with zero attached hydrogens (tertiary/aromatic N) is 2. The van der Waals surface area contributed by atoms with Gasteiger partial charge in [0.25, 0.3) is 5.91 Å². The van der Waals surface area contributed by atoms with Gasteiger partial charge in [-0.3, -0.25) is 9.63 Å². The third-order valence-electron chi connectivity index (χ3n) is 4.39. The summed E-state index contributed by atoms with van der Waals surface area (Å²) in [5.41, 5.74) is 5.43. The van der Waals surface area contributed by atoms with Crippen LogP contribution in [0.15, 0.2) is 59.3 Å². The summed E-state index contributed by atoms with van der Waals surface area (Å²) in [6, 6.07) is 13.5. The van der Waals surface area contributed by atoms with Crippen LogP contribution in [0.4, 0.5) is 11.4 Å². The highest BCUT2D eigenvalue weighted by Crippen LogP contribution is 2.31. The third-order valence-corrected chi connectivity index (χ3v) is 5.74. The lowest BCUT2D eigenvalue weighted by molar-refractivity contribution is 0.0271. The Morgan fingerprint density at radius 2 is 2.07 bits per heavy atom. The molecule has 1 aliphatic carbocycles. The molecule has 3 aromatic rings. The highest BCUT2D eigenvalue weighted by Gasteiger charge is 2.22. The Kier molecular flexibility index (Phi) is 5.98. The Hall–Kier alpha value is -1.91. The van der Waals surface area contributed by atoms with Gasteiger partial charge < -0.3 is 5.32 Å². The van der Waals surface area contributed by atoms with E-state index in [-0.39, 0.29) is 5.91 Å². The molecule has 6 nitrogen and oxygen atoms in total. The van der Waals surface area contributed by atoms with Gasteiger partial charge in [0.1, 0.15) is 0 Å². The van der Waals surface area contributed by atoms with Crippen LogP contribution in [0.5, 0.6) is 0 Å². The summed E-state index contributed by atoms with van der Waals surface area (Å²) in [6.45, 7) is 0.554. The standard InChI is InChI=1S/C20H18BrIN4O2/c21-17-10-16(20(27)25-28-12-13-2-3-13)18(11-19(17)26-9-1-8-23-26)24-15-6-4-14(22)5-7-15/h1,4-11,13,24H,2-3,12H2,(H,25,27). The number of carbonyl (C=O) groups excluding carboxylic acids is 1. The van der Waals surface area contributed by atoms with Crippen molar-refractivity contribution in [3.63, 3.8) is 0 Å². The minimum absolute atomic E-state index is 0.290. The second kappa shape index (κ2) is 8.62. The number of amides is 1. The lowest BCUT2D eigenvalue weighted by Crippen LogP contribution is -2.25. The zero-order chi connectivity index (χ0) is 19.5. The Bertz CT molecular complexity index is 973. The van der Waals surface area contributed by atoms with Crippen LogP contribution in [0.25, 0.3) is 5.69 Å². The Labute approximate surface area is 184 Å². The molecule has 28 heavy (non-hydrogen) atoms. The molecule has 0 bridgehead atoms. The lowest BCUT2D eigenvalue weighted by Gasteiger charge is -2.16. The molecule has 4 rings (SSSR count). The average molecular weight is 553 g/mol. The summed E-state index contributed by atoms with van der Waals surface area (Å²) in [6.07, 6.45) is 5.90. The molecule has 8 heteroatoms. The number of halogens is 2. The fourth-order valence-corrected chi connectivity index (χ4v) is 3.58. The van der Waals surface area contributed by atoms with Crippen LogP contribution in [0, 0.1) is 9.49 Å². The van der Waals surface area contributed by atoms with Gasteiger partial charge in [0.05, 0.1) is 23.5 Å². The van der Waals surface area contributed by atoms with Crippen molar-refractivity contribution in [3.05, 3.63) is 68.5 Å². The van der Waals surface area contributed by atoms with Crippen LogP contribution < -0.4 is 10.8 Å². The summed E-state index contributed by atoms with van der Waals surface area (Å²) < 4.78 is 3.65. The summed E-state index contributed by atoms with van der Waals surface area (Å²) in [5.74, 6) is 0.278. The zero-order valence-electron chi connectivity index (χ0n) is 14.9. The smallest absolute Gasteiger partial charge is 0.276 e. The van der Waals surface area contributed by atoms with Crippen LogP contribution in [-0.2, 0) is 4.84 Å². The Morgan fingerprint density at radius 1 is 1.29 bits per heavy atom. The zero-order valence-corrected chi connectivity index (χ0v) is 18.6. The molecule has 1 aromatic heterocycles. The summed E-state index contributed by atoms with van der Waals surface area (Å²) in [5, 5.41) is 7.63. The number of anilines is 2. The van der Waals surface area contributed by atoms with Crippen molar-refractivity contribution in [2.45, 2.75) is 12.8 Å². The molecule has 0 aliphatic heterocycles. The van der Waals surface area contributed by atoms with Crippen LogP contribution in [0.3, 0.4) is 0 Å². The minimum Gasteiger partial charge on any atom is -0.355 e. The number of hydrogen-bond acceptors (Lipinski definition) is 4. The molecule has 1 amide bonds. The van der Waals surface area contributed by atoms with Crippen molar-refractivity contribution >= 4 is 55.8 Å². The van der Waals surface area contributed by atoms with Crippen LogP contribution in [0.2, 0.25) is 0 Å². The van der Waals surface area contributed by atoms with Gasteiger partial charge in [-0.25, -0.2) is 10.2 Å². The number of rotatable bonds is 7. The first-order valence-electron chi connectivity index (χ1n) is 8.88. The van der Waals surface area contributed by atoms with Gasteiger partial charge in [-0.05, 0) is 99.7 Å². The van der Waals surface area contributed by atoms with Gasteiger partial charge in [-0.1, -0.05) is 0 Å². The second-order valence-electron chi connectivity index (χ2n) is 6.62. The molecule has 1 fully saturated rings. The van der Waals surface area contributed by atoms with Crippen molar-refractivity contribution in [2.75, 3.05) is 11.9 Å². The van der Waals surface area contributed by atoms with Crippen LogP contribution in [-0.4, -0.2) is 22.3 Å². The molecule has 0 saturated heterocycles. The third kappa shape index (κ3) is 4.73. The number of hydroxylamine groups is 1. The lowest BCUT2D eigenvalue weighted by atomic mass is 10.1. The van der Waals surface area contributed by atoms with Gasteiger partial charge in [0.15, 0.2) is 0 Å². The first-order chi connectivity index (χ1) is 13.6. The van der Waals surface area contributed by atoms with Crippen molar-refractivity contribution in [2.24, 2.45) is 5.92 Å². The fourth-order valence-electron chi connectivity index (χ4n) is 2.69. The predicted molar refractivity (Wildman–Crippen MR) is 120 cm³/mol. The fraction of sp³-hybridized carbons (Fsp3) is 0.200. The van der Waals surface area contributed by atoms with Gasteiger partial charge >= 0.3 is 0 Å². The van der Waals surface area contributed by atoms with E-state index < -0.39 is 0 Å². The maximum absolute atomic E-state index is 12.7. The predicted octanol–water partition coefficient (Wildman–Crippen LogP) is 5.05. The van der Waals surface area contributed by atoms with Gasteiger partial charge in [-0.2, -0.15) is 5.10 Å². The molecule has 0 spiro atoms. The number of aromatic nitrogens is 2. The van der Waals surface area contributed by atoms with E-state index >= 15 is 0 Å². The molecule has 0 atom stereocenters. The molecule has 1 saturated carbocycles. The summed E-state index contributed by atoms with van der Waals surface area (Å²) in [4.78, 5) is 18.1. The molecule has 144 valence electrons. The van der Waals surface area contributed by atoms with E-state index in [1.807, 2.05) is 42.6 Å². The Balaban J connectivity index is 1.64. The number of hydrogen-bond donors (Lipinski definition) is 2. The van der Waals surface area contributed by atoms with E-state index in [0.29, 0.717) is 23.8 Å². The SMILES string of the molecule is O=C(NOCC1CC1)c1cc(Br)c(-n2cccn2)cc1Nc1ccc(I)cc1. The first-order valence-corrected chi connectivity index (χ1v) is 10.8. The van der Waals surface area contributed by atoms with Gasteiger partial charge in [-0.15, -0.1) is 0 Å². The largest absolute Gasteiger partial charge is 0.355 e. The van der Waals surface area contributed by atoms with E-state index in [1.54, 1.807) is 16.9 Å². The maximum atomic E-state index is 12.7. The molecule has 1 aliphatic rings. The quantitative estimate of drug-likeness (QED) is 0.318. The first kappa shape index (κ1) is 19.4.